The summed E-state index contributed by atoms with van der Waals surface area (Å²) in [5, 5.41) is 4.16. The highest BCUT2D eigenvalue weighted by atomic mass is 35.5. The van der Waals surface area contributed by atoms with Crippen molar-refractivity contribution in [3.63, 3.8) is 0 Å². The third-order valence-corrected chi connectivity index (χ3v) is 3.93. The predicted molar refractivity (Wildman–Crippen MR) is 87.3 cm³/mol. The molecule has 2 unspecified atom stereocenters. The van der Waals surface area contributed by atoms with Gasteiger partial charge in [0.1, 0.15) is 12.4 Å². The van der Waals surface area contributed by atoms with Crippen LogP contribution in [-0.2, 0) is 4.74 Å². The maximum absolute atomic E-state index is 6.01. The van der Waals surface area contributed by atoms with E-state index in [1.165, 1.54) is 0 Å². The molecule has 0 spiro atoms. The predicted octanol–water partition coefficient (Wildman–Crippen LogP) is 3.82. The molecule has 0 saturated carbocycles. The number of nitrogens with one attached hydrogen (secondary N) is 1. The third kappa shape index (κ3) is 5.50. The van der Waals surface area contributed by atoms with Crippen LogP contribution in [0.4, 0.5) is 0 Å². The number of benzene rings is 1. The highest BCUT2D eigenvalue weighted by Crippen LogP contribution is 2.25. The van der Waals surface area contributed by atoms with Crippen LogP contribution in [-0.4, -0.2) is 31.9 Å². The Kier molecular flexibility index (Phi) is 6.34. The molecule has 0 radical (unpaired) electrons. The minimum Gasteiger partial charge on any atom is -0.491 e. The second-order valence-corrected chi connectivity index (χ2v) is 6.67. The van der Waals surface area contributed by atoms with Gasteiger partial charge in [-0.25, -0.2) is 0 Å². The first-order valence-corrected chi connectivity index (χ1v) is 8.17. The quantitative estimate of drug-likeness (QED) is 0.830. The van der Waals surface area contributed by atoms with Gasteiger partial charge >= 0.3 is 0 Å². The smallest absolute Gasteiger partial charge is 0.123 e. The number of aryl methyl sites for hydroxylation is 1. The van der Waals surface area contributed by atoms with Crippen LogP contribution in [0.3, 0.4) is 0 Å². The van der Waals surface area contributed by atoms with Gasteiger partial charge in [0.2, 0.25) is 0 Å². The summed E-state index contributed by atoms with van der Waals surface area (Å²) in [4.78, 5) is 0. The molecule has 0 bridgehead atoms. The minimum atomic E-state index is 0.189. The molecule has 1 aliphatic heterocycles. The van der Waals surface area contributed by atoms with Crippen molar-refractivity contribution < 1.29 is 9.47 Å². The molecule has 0 aromatic heterocycles. The summed E-state index contributed by atoms with van der Waals surface area (Å²) < 4.78 is 11.9. The normalized spacial score (nSPS) is 22.0. The Morgan fingerprint density at radius 2 is 2.10 bits per heavy atom. The van der Waals surface area contributed by atoms with Crippen molar-refractivity contribution in [3.05, 3.63) is 28.8 Å². The van der Waals surface area contributed by atoms with Crippen molar-refractivity contribution >= 4 is 11.6 Å². The summed E-state index contributed by atoms with van der Waals surface area (Å²) in [5.74, 6) is 1.53. The molecule has 21 heavy (non-hydrogen) atoms. The molecule has 2 rings (SSSR count). The molecule has 1 aromatic rings. The molecule has 1 saturated heterocycles. The fourth-order valence-corrected chi connectivity index (χ4v) is 2.66. The van der Waals surface area contributed by atoms with E-state index in [2.05, 4.69) is 19.2 Å². The lowest BCUT2D eigenvalue weighted by molar-refractivity contribution is 0.0182. The van der Waals surface area contributed by atoms with Crippen molar-refractivity contribution in [2.75, 3.05) is 19.7 Å². The van der Waals surface area contributed by atoms with Gasteiger partial charge in [-0.2, -0.15) is 0 Å². The molecule has 1 aliphatic rings. The van der Waals surface area contributed by atoms with E-state index in [9.17, 15) is 0 Å². The first kappa shape index (κ1) is 16.6. The van der Waals surface area contributed by atoms with Gasteiger partial charge in [0.25, 0.3) is 0 Å². The zero-order valence-corrected chi connectivity index (χ0v) is 14.0. The van der Waals surface area contributed by atoms with Crippen LogP contribution in [0.25, 0.3) is 0 Å². The molecule has 0 aliphatic carbocycles. The van der Waals surface area contributed by atoms with E-state index in [0.29, 0.717) is 23.7 Å². The van der Waals surface area contributed by atoms with Gasteiger partial charge in [-0.1, -0.05) is 31.5 Å². The van der Waals surface area contributed by atoms with Gasteiger partial charge in [-0.05, 0) is 49.9 Å². The van der Waals surface area contributed by atoms with Gasteiger partial charge < -0.3 is 14.8 Å². The summed E-state index contributed by atoms with van der Waals surface area (Å²) in [6.07, 6.45) is 2.67. The summed E-state index contributed by atoms with van der Waals surface area (Å²) in [6.45, 7) is 9.04. The Balaban J connectivity index is 1.71. The van der Waals surface area contributed by atoms with Crippen molar-refractivity contribution in [3.8, 4) is 5.75 Å². The van der Waals surface area contributed by atoms with Gasteiger partial charge in [-0.3, -0.25) is 0 Å². The molecule has 1 heterocycles. The average Bonchev–Trinajstić information content (AvgIpc) is 2.87. The molecular weight excluding hydrogens is 286 g/mol. The third-order valence-electron chi connectivity index (χ3n) is 3.70. The number of halogens is 1. The molecule has 3 nitrogen and oxygen atoms in total. The Bertz CT molecular complexity index is 450. The number of rotatable bonds is 7. The SMILES string of the molecule is Cc1ccc(Cl)cc1OCC1CCC(CNCC(C)C)O1. The Morgan fingerprint density at radius 1 is 1.33 bits per heavy atom. The lowest BCUT2D eigenvalue weighted by Crippen LogP contribution is -2.30. The minimum absolute atomic E-state index is 0.189. The van der Waals surface area contributed by atoms with Crippen LogP contribution >= 0.6 is 11.6 Å². The molecule has 1 N–H and O–H groups in total. The van der Waals surface area contributed by atoms with Crippen molar-refractivity contribution in [1.82, 2.24) is 5.32 Å². The Labute approximate surface area is 133 Å². The maximum atomic E-state index is 6.01. The molecule has 1 fully saturated rings. The molecular formula is C17H26ClNO2. The van der Waals surface area contributed by atoms with E-state index in [1.54, 1.807) is 0 Å². The maximum Gasteiger partial charge on any atom is 0.123 e. The fourth-order valence-electron chi connectivity index (χ4n) is 2.50. The van der Waals surface area contributed by atoms with Crippen LogP contribution in [0.15, 0.2) is 18.2 Å². The van der Waals surface area contributed by atoms with Crippen LogP contribution in [0, 0.1) is 12.8 Å². The van der Waals surface area contributed by atoms with Crippen LogP contribution in [0.1, 0.15) is 32.3 Å². The second kappa shape index (κ2) is 8.02. The van der Waals surface area contributed by atoms with Crippen molar-refractivity contribution in [1.29, 1.82) is 0 Å². The van der Waals surface area contributed by atoms with E-state index >= 15 is 0 Å². The van der Waals surface area contributed by atoms with Crippen LogP contribution in [0.2, 0.25) is 5.02 Å². The Morgan fingerprint density at radius 3 is 2.86 bits per heavy atom. The summed E-state index contributed by atoms with van der Waals surface area (Å²) in [5.41, 5.74) is 1.10. The van der Waals surface area contributed by atoms with Gasteiger partial charge in [0.15, 0.2) is 0 Å². The summed E-state index contributed by atoms with van der Waals surface area (Å²) in [7, 11) is 0. The second-order valence-electron chi connectivity index (χ2n) is 6.23. The largest absolute Gasteiger partial charge is 0.491 e. The topological polar surface area (TPSA) is 30.5 Å². The lowest BCUT2D eigenvalue weighted by Gasteiger charge is -2.16. The zero-order valence-electron chi connectivity index (χ0n) is 13.2. The van der Waals surface area contributed by atoms with Gasteiger partial charge in [-0.15, -0.1) is 0 Å². The van der Waals surface area contributed by atoms with Crippen LogP contribution in [0.5, 0.6) is 5.75 Å². The highest BCUT2D eigenvalue weighted by molar-refractivity contribution is 6.30. The molecule has 4 heteroatoms. The van der Waals surface area contributed by atoms with Crippen LogP contribution < -0.4 is 10.1 Å². The highest BCUT2D eigenvalue weighted by Gasteiger charge is 2.25. The zero-order chi connectivity index (χ0) is 15.2. The van der Waals surface area contributed by atoms with Crippen molar-refractivity contribution in [2.45, 2.75) is 45.8 Å². The standard InChI is InChI=1S/C17H26ClNO2/c1-12(2)9-19-10-15-6-7-16(21-15)11-20-17-8-14(18)5-4-13(17)3/h4-5,8,12,15-16,19H,6-7,9-11H2,1-3H3. The molecule has 2 atom stereocenters. The fraction of sp³-hybridized carbons (Fsp3) is 0.647. The number of hydrogen-bond acceptors (Lipinski definition) is 3. The number of hydrogen-bond donors (Lipinski definition) is 1. The van der Waals surface area contributed by atoms with E-state index in [0.717, 1.165) is 37.2 Å². The first-order chi connectivity index (χ1) is 10.0. The first-order valence-electron chi connectivity index (χ1n) is 7.79. The van der Waals surface area contributed by atoms with E-state index in [4.69, 9.17) is 21.1 Å². The monoisotopic (exact) mass is 311 g/mol. The van der Waals surface area contributed by atoms with Crippen molar-refractivity contribution in [2.24, 2.45) is 5.92 Å². The van der Waals surface area contributed by atoms with Gasteiger partial charge in [0, 0.05) is 11.6 Å². The summed E-state index contributed by atoms with van der Waals surface area (Å²) >= 11 is 6.00. The van der Waals surface area contributed by atoms with E-state index in [1.807, 2.05) is 25.1 Å². The lowest BCUT2D eigenvalue weighted by atomic mass is 10.2. The van der Waals surface area contributed by atoms with Gasteiger partial charge in [0.05, 0.1) is 12.2 Å². The van der Waals surface area contributed by atoms with E-state index in [-0.39, 0.29) is 6.10 Å². The average molecular weight is 312 g/mol. The summed E-state index contributed by atoms with van der Waals surface area (Å²) in [6, 6.07) is 5.73. The molecule has 0 amide bonds. The van der Waals surface area contributed by atoms with E-state index < -0.39 is 0 Å². The Hall–Kier alpha value is -0.770. The molecule has 1 aromatic carbocycles. The molecule has 118 valence electrons. The number of ether oxygens (including phenoxy) is 2.